The largest absolute Gasteiger partial charge is 0.463 e. The molecule has 0 aromatic carbocycles. The van der Waals surface area contributed by atoms with Crippen LogP contribution in [0.25, 0.3) is 0 Å². The molecule has 0 amide bonds. The third kappa shape index (κ3) is 5.53. The molecule has 0 saturated heterocycles. The standard InChI is InChI=1S/C11H22O2S/c1-8(2)13-9(12)10(3,4)7-11(5,6)14/h8,14H,7H2,1-6H3. The first-order valence-corrected chi connectivity index (χ1v) is 5.43. The quantitative estimate of drug-likeness (QED) is 0.580. The van der Waals surface area contributed by atoms with Crippen molar-refractivity contribution in [2.45, 2.75) is 58.8 Å². The molecule has 0 atom stereocenters. The summed E-state index contributed by atoms with van der Waals surface area (Å²) in [5.41, 5.74) is -0.463. The van der Waals surface area contributed by atoms with Crippen molar-refractivity contribution in [1.82, 2.24) is 0 Å². The van der Waals surface area contributed by atoms with E-state index < -0.39 is 5.41 Å². The van der Waals surface area contributed by atoms with Gasteiger partial charge in [-0.15, -0.1) is 0 Å². The second kappa shape index (κ2) is 4.56. The summed E-state index contributed by atoms with van der Waals surface area (Å²) in [6, 6.07) is 0. The molecule has 0 unspecified atom stereocenters. The predicted octanol–water partition coefficient (Wildman–Crippen LogP) is 3.06. The number of ether oxygens (including phenoxy) is 1. The van der Waals surface area contributed by atoms with Gasteiger partial charge in [0.2, 0.25) is 0 Å². The van der Waals surface area contributed by atoms with Gasteiger partial charge >= 0.3 is 5.97 Å². The Morgan fingerprint density at radius 1 is 1.29 bits per heavy atom. The fourth-order valence-corrected chi connectivity index (χ4v) is 1.92. The van der Waals surface area contributed by atoms with Crippen molar-refractivity contribution in [2.24, 2.45) is 5.41 Å². The van der Waals surface area contributed by atoms with E-state index in [-0.39, 0.29) is 16.8 Å². The van der Waals surface area contributed by atoms with Gasteiger partial charge in [-0.05, 0) is 34.1 Å². The van der Waals surface area contributed by atoms with Gasteiger partial charge in [-0.2, -0.15) is 12.6 Å². The zero-order valence-electron chi connectivity index (χ0n) is 10.0. The molecule has 2 nitrogen and oxygen atoms in total. The molecule has 0 spiro atoms. The molecular weight excluding hydrogens is 196 g/mol. The van der Waals surface area contributed by atoms with Gasteiger partial charge in [0.1, 0.15) is 0 Å². The van der Waals surface area contributed by atoms with Crippen molar-refractivity contribution >= 4 is 18.6 Å². The van der Waals surface area contributed by atoms with Crippen LogP contribution in [-0.2, 0) is 9.53 Å². The van der Waals surface area contributed by atoms with Gasteiger partial charge in [-0.1, -0.05) is 13.8 Å². The highest BCUT2D eigenvalue weighted by Crippen LogP contribution is 2.32. The van der Waals surface area contributed by atoms with E-state index in [1.54, 1.807) is 0 Å². The maximum absolute atomic E-state index is 11.7. The molecule has 3 heteroatoms. The normalized spacial score (nSPS) is 13.1. The predicted molar refractivity (Wildman–Crippen MR) is 62.7 cm³/mol. The summed E-state index contributed by atoms with van der Waals surface area (Å²) in [6.07, 6.45) is 0.652. The molecule has 0 N–H and O–H groups in total. The highest BCUT2D eigenvalue weighted by atomic mass is 32.1. The lowest BCUT2D eigenvalue weighted by Crippen LogP contribution is -2.34. The van der Waals surface area contributed by atoms with Gasteiger partial charge < -0.3 is 4.74 Å². The maximum atomic E-state index is 11.7. The topological polar surface area (TPSA) is 26.3 Å². The number of hydrogen-bond acceptors (Lipinski definition) is 3. The summed E-state index contributed by atoms with van der Waals surface area (Å²) in [4.78, 5) is 11.7. The third-order valence-electron chi connectivity index (χ3n) is 1.77. The fourth-order valence-electron chi connectivity index (χ4n) is 1.53. The number of thiol groups is 1. The zero-order valence-corrected chi connectivity index (χ0v) is 10.9. The fraction of sp³-hybridized carbons (Fsp3) is 0.909. The molecule has 0 saturated carbocycles. The summed E-state index contributed by atoms with van der Waals surface area (Å²) in [7, 11) is 0. The average molecular weight is 218 g/mol. The monoisotopic (exact) mass is 218 g/mol. The minimum atomic E-state index is -0.463. The Morgan fingerprint density at radius 2 is 1.71 bits per heavy atom. The molecule has 0 rings (SSSR count). The molecule has 0 aliphatic heterocycles. The van der Waals surface area contributed by atoms with Crippen LogP contribution in [-0.4, -0.2) is 16.8 Å². The van der Waals surface area contributed by atoms with Gasteiger partial charge in [0.25, 0.3) is 0 Å². The van der Waals surface area contributed by atoms with Crippen LogP contribution in [0.2, 0.25) is 0 Å². The van der Waals surface area contributed by atoms with Crippen LogP contribution in [0.1, 0.15) is 48.0 Å². The minimum absolute atomic E-state index is 0.0511. The summed E-state index contributed by atoms with van der Waals surface area (Å²) in [5, 5.41) is 0. The summed E-state index contributed by atoms with van der Waals surface area (Å²) in [6.45, 7) is 11.5. The molecule has 0 aromatic rings. The molecule has 0 bridgehead atoms. The zero-order chi connectivity index (χ0) is 11.6. The van der Waals surface area contributed by atoms with Crippen LogP contribution in [0.4, 0.5) is 0 Å². The van der Waals surface area contributed by atoms with E-state index in [0.29, 0.717) is 6.42 Å². The number of rotatable bonds is 4. The Balaban J connectivity index is 4.38. The van der Waals surface area contributed by atoms with E-state index in [0.717, 1.165) is 0 Å². The molecular formula is C11H22O2S. The molecule has 0 aliphatic carbocycles. The summed E-state index contributed by atoms with van der Waals surface area (Å²) >= 11 is 4.43. The Labute approximate surface area is 92.8 Å². The molecule has 14 heavy (non-hydrogen) atoms. The Bertz CT molecular complexity index is 202. The van der Waals surface area contributed by atoms with E-state index in [1.807, 2.05) is 41.5 Å². The van der Waals surface area contributed by atoms with E-state index in [2.05, 4.69) is 12.6 Å². The lowest BCUT2D eigenvalue weighted by atomic mass is 9.83. The Kier molecular flexibility index (Phi) is 4.50. The highest BCUT2D eigenvalue weighted by Gasteiger charge is 2.34. The van der Waals surface area contributed by atoms with Gasteiger partial charge in [-0.25, -0.2) is 0 Å². The maximum Gasteiger partial charge on any atom is 0.311 e. The van der Waals surface area contributed by atoms with Crippen molar-refractivity contribution in [1.29, 1.82) is 0 Å². The van der Waals surface area contributed by atoms with Crippen LogP contribution in [0.15, 0.2) is 0 Å². The number of carbonyl (C=O) groups excluding carboxylic acids is 1. The van der Waals surface area contributed by atoms with Crippen molar-refractivity contribution in [3.8, 4) is 0 Å². The number of esters is 1. The average Bonchev–Trinajstić information content (AvgIpc) is 1.78. The summed E-state index contributed by atoms with van der Waals surface area (Å²) < 4.78 is 5.03. The molecule has 0 radical (unpaired) electrons. The molecule has 84 valence electrons. The summed E-state index contributed by atoms with van der Waals surface area (Å²) in [5.74, 6) is -0.144. The SMILES string of the molecule is CC(C)OC(=O)C(C)(C)CC(C)(C)S. The van der Waals surface area contributed by atoms with Gasteiger partial charge in [-0.3, -0.25) is 4.79 Å². The van der Waals surface area contributed by atoms with Crippen molar-refractivity contribution in [2.75, 3.05) is 0 Å². The van der Waals surface area contributed by atoms with E-state index >= 15 is 0 Å². The van der Waals surface area contributed by atoms with Crippen LogP contribution in [0.5, 0.6) is 0 Å². The number of carbonyl (C=O) groups is 1. The van der Waals surface area contributed by atoms with E-state index in [4.69, 9.17) is 4.74 Å². The first-order valence-electron chi connectivity index (χ1n) is 4.98. The third-order valence-corrected chi connectivity index (χ3v) is 1.93. The van der Waals surface area contributed by atoms with Crippen LogP contribution < -0.4 is 0 Å². The smallest absolute Gasteiger partial charge is 0.311 e. The van der Waals surface area contributed by atoms with Crippen molar-refractivity contribution in [3.05, 3.63) is 0 Å². The lowest BCUT2D eigenvalue weighted by molar-refractivity contribution is -0.158. The van der Waals surface area contributed by atoms with E-state index in [1.165, 1.54) is 0 Å². The van der Waals surface area contributed by atoms with Crippen molar-refractivity contribution < 1.29 is 9.53 Å². The van der Waals surface area contributed by atoms with E-state index in [9.17, 15) is 4.79 Å². The molecule has 0 aliphatic rings. The molecule has 0 fully saturated rings. The van der Waals surface area contributed by atoms with Gasteiger partial charge in [0.05, 0.1) is 11.5 Å². The Morgan fingerprint density at radius 3 is 2.00 bits per heavy atom. The second-order valence-corrected chi connectivity index (χ2v) is 6.54. The lowest BCUT2D eigenvalue weighted by Gasteiger charge is -2.30. The van der Waals surface area contributed by atoms with Gasteiger partial charge in [0, 0.05) is 4.75 Å². The second-order valence-electron chi connectivity index (χ2n) is 5.33. The van der Waals surface area contributed by atoms with Crippen LogP contribution >= 0.6 is 12.6 Å². The van der Waals surface area contributed by atoms with Crippen LogP contribution in [0.3, 0.4) is 0 Å². The Hall–Kier alpha value is -0.180. The molecule has 0 heterocycles. The first kappa shape index (κ1) is 13.8. The number of hydrogen-bond donors (Lipinski definition) is 1. The molecule has 0 aromatic heterocycles. The van der Waals surface area contributed by atoms with Gasteiger partial charge in [0.15, 0.2) is 0 Å². The van der Waals surface area contributed by atoms with Crippen LogP contribution in [0, 0.1) is 5.41 Å². The highest BCUT2D eigenvalue weighted by molar-refractivity contribution is 7.81. The van der Waals surface area contributed by atoms with Crippen molar-refractivity contribution in [3.63, 3.8) is 0 Å². The first-order chi connectivity index (χ1) is 6.04. The minimum Gasteiger partial charge on any atom is -0.463 e.